The lowest BCUT2D eigenvalue weighted by Crippen LogP contribution is -2.50. The fraction of sp³-hybridized carbons (Fsp3) is 0.308. The summed E-state index contributed by atoms with van der Waals surface area (Å²) in [5.74, 6) is 0. The Hall–Kier alpha value is -0.980. The van der Waals surface area contributed by atoms with Crippen molar-refractivity contribution in [2.24, 2.45) is 0 Å². The van der Waals surface area contributed by atoms with Crippen LogP contribution in [0.5, 0.6) is 0 Å². The van der Waals surface area contributed by atoms with Gasteiger partial charge in [0.25, 0.3) is 0 Å². The molecule has 0 amide bonds. The maximum atomic E-state index is 6.63. The number of halogens is 4. The fourth-order valence-electron chi connectivity index (χ4n) is 4.88. The molecule has 0 N–H and O–H groups in total. The minimum absolute atomic E-state index is 0.201. The number of benzene rings is 3. The molecule has 1 aliphatic heterocycles. The van der Waals surface area contributed by atoms with E-state index in [1.165, 1.54) is 27.5 Å². The molecule has 32 heavy (non-hydrogen) atoms. The molecule has 0 spiro atoms. The number of rotatable bonds is 5. The summed E-state index contributed by atoms with van der Waals surface area (Å²) >= 11 is 21.4. The van der Waals surface area contributed by atoms with E-state index in [1.54, 1.807) is 0 Å². The van der Waals surface area contributed by atoms with Crippen LogP contribution in [-0.4, -0.2) is 31.1 Å². The molecule has 0 unspecified atom stereocenters. The van der Waals surface area contributed by atoms with Crippen molar-refractivity contribution in [2.75, 3.05) is 31.1 Å². The second-order valence-electron chi connectivity index (χ2n) is 8.88. The monoisotopic (exact) mass is 596 g/mol. The van der Waals surface area contributed by atoms with Crippen LogP contribution in [0, 0.1) is 3.57 Å². The third-order valence-corrected chi connectivity index (χ3v) is 8.28. The molecule has 2 aliphatic rings. The quantitative estimate of drug-likeness (QED) is 0.277. The molecule has 6 heteroatoms. The lowest BCUT2D eigenvalue weighted by atomic mass is 9.94. The molecule has 3 aromatic carbocycles. The van der Waals surface area contributed by atoms with Gasteiger partial charge in [-0.15, -0.1) is 0 Å². The van der Waals surface area contributed by atoms with Gasteiger partial charge in [0.05, 0.1) is 16.8 Å². The van der Waals surface area contributed by atoms with E-state index in [4.69, 9.17) is 34.8 Å². The highest BCUT2D eigenvalue weighted by Gasteiger charge is 2.46. The van der Waals surface area contributed by atoms with Crippen molar-refractivity contribution in [2.45, 2.75) is 24.3 Å². The van der Waals surface area contributed by atoms with Crippen molar-refractivity contribution in [3.63, 3.8) is 0 Å². The predicted octanol–water partition coefficient (Wildman–Crippen LogP) is 7.85. The van der Waals surface area contributed by atoms with E-state index in [0.717, 1.165) is 36.9 Å². The molecular weight excluding hydrogens is 574 g/mol. The Labute approximate surface area is 218 Å². The number of nitrogens with zero attached hydrogens (tertiary/aromatic N) is 2. The first kappa shape index (κ1) is 22.8. The van der Waals surface area contributed by atoms with Crippen molar-refractivity contribution in [1.29, 1.82) is 0 Å². The molecule has 3 aromatic rings. The normalized spacial score (nSPS) is 20.4. The summed E-state index contributed by atoms with van der Waals surface area (Å²) in [5.41, 5.74) is 4.07. The smallest absolute Gasteiger partial charge is 0.0670 e. The Balaban J connectivity index is 1.41. The third-order valence-electron chi connectivity index (χ3n) is 6.77. The molecule has 166 valence electrons. The van der Waals surface area contributed by atoms with Gasteiger partial charge in [0, 0.05) is 45.2 Å². The Kier molecular flexibility index (Phi) is 6.65. The highest BCUT2D eigenvalue weighted by atomic mass is 127. The van der Waals surface area contributed by atoms with E-state index in [0.29, 0.717) is 15.5 Å². The van der Waals surface area contributed by atoms with Crippen LogP contribution >= 0.6 is 57.4 Å². The van der Waals surface area contributed by atoms with Crippen LogP contribution in [-0.2, 0) is 5.41 Å². The highest BCUT2D eigenvalue weighted by Crippen LogP contribution is 2.49. The minimum atomic E-state index is 0.201. The van der Waals surface area contributed by atoms with E-state index in [-0.39, 0.29) is 6.04 Å². The van der Waals surface area contributed by atoms with Gasteiger partial charge in [-0.05, 0) is 89.0 Å². The SMILES string of the molecule is Clc1ccc([C@@H]2CN(CC3(c4ccc(I)cc4)CC3)CCN2c2ccc(Cl)cc2Cl)cc1. The Morgan fingerprint density at radius 3 is 2.19 bits per heavy atom. The van der Waals surface area contributed by atoms with Crippen LogP contribution in [0.15, 0.2) is 66.7 Å². The van der Waals surface area contributed by atoms with Crippen LogP contribution in [0.3, 0.4) is 0 Å². The zero-order valence-electron chi connectivity index (χ0n) is 17.6. The Morgan fingerprint density at radius 1 is 0.844 bits per heavy atom. The Bertz CT molecular complexity index is 1100. The standard InChI is InChI=1S/C26H24Cl3IN2/c27-20-5-1-18(2-6-20)25-16-31(13-14-32(25)24-10-7-21(28)15-23(24)29)17-26(11-12-26)19-3-8-22(30)9-4-19/h1-10,15,25H,11-14,16-17H2/t25-/m0/s1. The average molecular weight is 598 g/mol. The summed E-state index contributed by atoms with van der Waals surface area (Å²) in [4.78, 5) is 5.05. The van der Waals surface area contributed by atoms with Crippen molar-refractivity contribution in [3.05, 3.63) is 96.5 Å². The molecule has 2 fully saturated rings. The zero-order chi connectivity index (χ0) is 22.3. The van der Waals surface area contributed by atoms with E-state index in [2.05, 4.69) is 68.8 Å². The summed E-state index contributed by atoms with van der Waals surface area (Å²) in [6.45, 7) is 3.97. The molecule has 1 atom stereocenters. The highest BCUT2D eigenvalue weighted by molar-refractivity contribution is 14.1. The Morgan fingerprint density at radius 2 is 1.53 bits per heavy atom. The first-order valence-corrected chi connectivity index (χ1v) is 13.1. The van der Waals surface area contributed by atoms with E-state index >= 15 is 0 Å². The van der Waals surface area contributed by atoms with Gasteiger partial charge in [0.1, 0.15) is 0 Å². The molecule has 0 radical (unpaired) electrons. The fourth-order valence-corrected chi connectivity index (χ4v) is 5.88. The van der Waals surface area contributed by atoms with Gasteiger partial charge in [-0.1, -0.05) is 59.1 Å². The van der Waals surface area contributed by atoms with Gasteiger partial charge in [-0.25, -0.2) is 0 Å². The molecular formula is C26H24Cl3IN2. The van der Waals surface area contributed by atoms with Crippen LogP contribution < -0.4 is 4.90 Å². The van der Waals surface area contributed by atoms with Crippen LogP contribution in [0.1, 0.15) is 30.0 Å². The van der Waals surface area contributed by atoms with E-state index in [1.807, 2.05) is 30.3 Å². The van der Waals surface area contributed by atoms with Crippen molar-refractivity contribution in [3.8, 4) is 0 Å². The average Bonchev–Trinajstić information content (AvgIpc) is 3.56. The summed E-state index contributed by atoms with van der Waals surface area (Å²) < 4.78 is 1.29. The van der Waals surface area contributed by atoms with Crippen molar-refractivity contribution >= 4 is 63.1 Å². The van der Waals surface area contributed by atoms with Gasteiger partial charge in [-0.3, -0.25) is 4.90 Å². The van der Waals surface area contributed by atoms with Crippen molar-refractivity contribution in [1.82, 2.24) is 4.90 Å². The lowest BCUT2D eigenvalue weighted by molar-refractivity contribution is 0.205. The van der Waals surface area contributed by atoms with Crippen LogP contribution in [0.25, 0.3) is 0 Å². The molecule has 1 aliphatic carbocycles. The first-order valence-electron chi connectivity index (χ1n) is 10.9. The van der Waals surface area contributed by atoms with E-state index in [9.17, 15) is 0 Å². The van der Waals surface area contributed by atoms with Gasteiger partial charge in [0.15, 0.2) is 0 Å². The summed E-state index contributed by atoms with van der Waals surface area (Å²) in [6, 6.07) is 23.3. The number of hydrogen-bond donors (Lipinski definition) is 0. The lowest BCUT2D eigenvalue weighted by Gasteiger charge is -2.44. The number of anilines is 1. The van der Waals surface area contributed by atoms with E-state index < -0.39 is 0 Å². The maximum absolute atomic E-state index is 6.63. The largest absolute Gasteiger partial charge is 0.361 e. The minimum Gasteiger partial charge on any atom is -0.361 e. The molecule has 0 bridgehead atoms. The van der Waals surface area contributed by atoms with Crippen LogP contribution in [0.2, 0.25) is 15.1 Å². The summed E-state index contributed by atoms with van der Waals surface area (Å²) in [5, 5.41) is 2.12. The second-order valence-corrected chi connectivity index (χ2v) is 11.4. The first-order chi connectivity index (χ1) is 15.4. The predicted molar refractivity (Wildman–Crippen MR) is 145 cm³/mol. The molecule has 1 saturated carbocycles. The number of piperazine rings is 1. The number of hydrogen-bond acceptors (Lipinski definition) is 2. The molecule has 0 aromatic heterocycles. The van der Waals surface area contributed by atoms with Crippen LogP contribution in [0.4, 0.5) is 5.69 Å². The molecule has 2 nitrogen and oxygen atoms in total. The van der Waals surface area contributed by atoms with Crippen molar-refractivity contribution < 1.29 is 0 Å². The molecule has 1 heterocycles. The summed E-state index contributed by atoms with van der Waals surface area (Å²) in [7, 11) is 0. The zero-order valence-corrected chi connectivity index (χ0v) is 22.0. The second kappa shape index (κ2) is 9.34. The molecule has 5 rings (SSSR count). The maximum Gasteiger partial charge on any atom is 0.0670 e. The third kappa shape index (κ3) is 4.78. The summed E-state index contributed by atoms with van der Waals surface area (Å²) in [6.07, 6.45) is 2.53. The van der Waals surface area contributed by atoms with Gasteiger partial charge >= 0.3 is 0 Å². The van der Waals surface area contributed by atoms with Gasteiger partial charge < -0.3 is 4.90 Å². The van der Waals surface area contributed by atoms with Gasteiger partial charge in [-0.2, -0.15) is 0 Å². The van der Waals surface area contributed by atoms with Gasteiger partial charge in [0.2, 0.25) is 0 Å². The molecule has 1 saturated heterocycles. The topological polar surface area (TPSA) is 6.48 Å².